The van der Waals surface area contributed by atoms with Crippen LogP contribution in [0.4, 0.5) is 0 Å². The first-order valence-corrected chi connectivity index (χ1v) is 6.87. The summed E-state index contributed by atoms with van der Waals surface area (Å²) >= 11 is 0. The van der Waals surface area contributed by atoms with Crippen molar-refractivity contribution in [1.82, 2.24) is 4.90 Å². The molecule has 1 saturated heterocycles. The summed E-state index contributed by atoms with van der Waals surface area (Å²) in [5.41, 5.74) is 2.69. The maximum atomic E-state index is 9.52. The Bertz CT molecular complexity index is 427. The number of aryl methyl sites for hydroxylation is 1. The second-order valence-electron chi connectivity index (χ2n) is 5.51. The standard InChI is InChI=1S/C15H21NO2/c1-16(10-13-3-2-8-18-13)15-7-4-11-9-12(17)5-6-14(11)15/h5-6,9,13,15,17H,2-4,7-8,10H2,1H3. The van der Waals surface area contributed by atoms with Gasteiger partial charge in [0.2, 0.25) is 0 Å². The van der Waals surface area contributed by atoms with Gasteiger partial charge in [0.1, 0.15) is 5.75 Å². The van der Waals surface area contributed by atoms with E-state index in [2.05, 4.69) is 18.0 Å². The van der Waals surface area contributed by atoms with E-state index >= 15 is 0 Å². The number of benzene rings is 1. The lowest BCUT2D eigenvalue weighted by molar-refractivity contribution is 0.0679. The van der Waals surface area contributed by atoms with Crippen molar-refractivity contribution in [3.8, 4) is 5.75 Å². The van der Waals surface area contributed by atoms with Crippen molar-refractivity contribution < 1.29 is 9.84 Å². The highest BCUT2D eigenvalue weighted by Crippen LogP contribution is 2.37. The molecule has 3 rings (SSSR count). The lowest BCUT2D eigenvalue weighted by atomic mass is 10.1. The van der Waals surface area contributed by atoms with Crippen LogP contribution in [0.1, 0.15) is 36.4 Å². The predicted octanol–water partition coefficient (Wildman–Crippen LogP) is 2.49. The van der Waals surface area contributed by atoms with Crippen LogP contribution in [0.15, 0.2) is 18.2 Å². The summed E-state index contributed by atoms with van der Waals surface area (Å²) in [4.78, 5) is 2.42. The van der Waals surface area contributed by atoms with Crippen LogP contribution in [0.3, 0.4) is 0 Å². The molecule has 1 aliphatic heterocycles. The molecule has 1 aromatic carbocycles. The molecule has 1 aromatic rings. The number of likely N-dealkylation sites (N-methyl/N-ethyl adjacent to an activating group) is 1. The number of phenols is 1. The first-order chi connectivity index (χ1) is 8.74. The molecule has 2 unspecified atom stereocenters. The summed E-state index contributed by atoms with van der Waals surface area (Å²) in [6.07, 6.45) is 5.04. The minimum Gasteiger partial charge on any atom is -0.508 e. The molecule has 18 heavy (non-hydrogen) atoms. The Morgan fingerprint density at radius 1 is 1.39 bits per heavy atom. The van der Waals surface area contributed by atoms with Gasteiger partial charge in [0.25, 0.3) is 0 Å². The molecule has 3 nitrogen and oxygen atoms in total. The van der Waals surface area contributed by atoms with Crippen LogP contribution in [0, 0.1) is 0 Å². The average Bonchev–Trinajstić information content (AvgIpc) is 2.97. The van der Waals surface area contributed by atoms with Crippen LogP contribution in [0.5, 0.6) is 5.75 Å². The number of nitrogens with zero attached hydrogens (tertiary/aromatic N) is 1. The Morgan fingerprint density at radius 3 is 3.06 bits per heavy atom. The molecule has 1 N–H and O–H groups in total. The third kappa shape index (κ3) is 2.25. The van der Waals surface area contributed by atoms with Gasteiger partial charge < -0.3 is 9.84 Å². The van der Waals surface area contributed by atoms with E-state index in [4.69, 9.17) is 4.74 Å². The van der Waals surface area contributed by atoms with E-state index in [9.17, 15) is 5.11 Å². The topological polar surface area (TPSA) is 32.7 Å². The fourth-order valence-electron chi connectivity index (χ4n) is 3.28. The van der Waals surface area contributed by atoms with Gasteiger partial charge in [0, 0.05) is 19.2 Å². The number of hydrogen-bond donors (Lipinski definition) is 1. The van der Waals surface area contributed by atoms with Crippen molar-refractivity contribution in [2.75, 3.05) is 20.2 Å². The molecule has 1 fully saturated rings. The van der Waals surface area contributed by atoms with Crippen LogP contribution in [-0.2, 0) is 11.2 Å². The number of ether oxygens (including phenoxy) is 1. The number of hydrogen-bond acceptors (Lipinski definition) is 3. The third-order valence-electron chi connectivity index (χ3n) is 4.22. The number of phenolic OH excluding ortho intramolecular Hbond substituents is 1. The van der Waals surface area contributed by atoms with Gasteiger partial charge in [-0.15, -0.1) is 0 Å². The van der Waals surface area contributed by atoms with E-state index in [1.54, 1.807) is 6.07 Å². The molecule has 0 aromatic heterocycles. The van der Waals surface area contributed by atoms with Crippen molar-refractivity contribution in [3.05, 3.63) is 29.3 Å². The van der Waals surface area contributed by atoms with Crippen molar-refractivity contribution >= 4 is 0 Å². The summed E-state index contributed by atoms with van der Waals surface area (Å²) in [5, 5.41) is 9.52. The molecule has 0 spiro atoms. The van der Waals surface area contributed by atoms with Gasteiger partial charge in [0.15, 0.2) is 0 Å². The highest BCUT2D eigenvalue weighted by atomic mass is 16.5. The maximum absolute atomic E-state index is 9.52. The Kier molecular flexibility index (Phi) is 3.27. The zero-order valence-electron chi connectivity index (χ0n) is 10.9. The van der Waals surface area contributed by atoms with Gasteiger partial charge in [-0.1, -0.05) is 6.07 Å². The summed E-state index contributed by atoms with van der Waals surface area (Å²) < 4.78 is 5.71. The molecular weight excluding hydrogens is 226 g/mol. The normalized spacial score (nSPS) is 26.8. The number of fused-ring (bicyclic) bond motifs is 1. The van der Waals surface area contributed by atoms with Crippen molar-refractivity contribution in [2.24, 2.45) is 0 Å². The molecule has 1 aliphatic carbocycles. The zero-order chi connectivity index (χ0) is 12.5. The van der Waals surface area contributed by atoms with Gasteiger partial charge in [0.05, 0.1) is 6.10 Å². The highest BCUT2D eigenvalue weighted by molar-refractivity contribution is 5.40. The van der Waals surface area contributed by atoms with E-state index in [-0.39, 0.29) is 0 Å². The molecule has 0 radical (unpaired) electrons. The summed E-state index contributed by atoms with van der Waals surface area (Å²) in [6.45, 7) is 1.94. The Morgan fingerprint density at radius 2 is 2.28 bits per heavy atom. The second kappa shape index (κ2) is 4.90. The fourth-order valence-corrected chi connectivity index (χ4v) is 3.28. The summed E-state index contributed by atoms with van der Waals surface area (Å²) in [7, 11) is 2.19. The molecule has 1 heterocycles. The molecule has 0 bridgehead atoms. The molecule has 98 valence electrons. The molecular formula is C15H21NO2. The van der Waals surface area contributed by atoms with E-state index in [1.165, 1.54) is 24.0 Å². The molecule has 0 saturated carbocycles. The van der Waals surface area contributed by atoms with Crippen LogP contribution in [0.2, 0.25) is 0 Å². The first-order valence-electron chi connectivity index (χ1n) is 6.87. The second-order valence-corrected chi connectivity index (χ2v) is 5.51. The lowest BCUT2D eigenvalue weighted by Crippen LogP contribution is -2.31. The maximum Gasteiger partial charge on any atom is 0.115 e. The molecule has 2 atom stereocenters. The predicted molar refractivity (Wildman–Crippen MR) is 70.8 cm³/mol. The third-order valence-corrected chi connectivity index (χ3v) is 4.22. The van der Waals surface area contributed by atoms with Crippen LogP contribution in [-0.4, -0.2) is 36.3 Å². The van der Waals surface area contributed by atoms with E-state index in [0.29, 0.717) is 17.9 Å². The van der Waals surface area contributed by atoms with E-state index in [0.717, 1.165) is 26.0 Å². The highest BCUT2D eigenvalue weighted by Gasteiger charge is 2.28. The van der Waals surface area contributed by atoms with Crippen LogP contribution in [0.25, 0.3) is 0 Å². The van der Waals surface area contributed by atoms with E-state index < -0.39 is 0 Å². The van der Waals surface area contributed by atoms with Gasteiger partial charge in [-0.2, -0.15) is 0 Å². The summed E-state index contributed by atoms with van der Waals surface area (Å²) in [5.74, 6) is 0.385. The van der Waals surface area contributed by atoms with Crippen molar-refractivity contribution in [1.29, 1.82) is 0 Å². The minimum absolute atomic E-state index is 0.385. The van der Waals surface area contributed by atoms with E-state index in [1.807, 2.05) is 6.07 Å². The Balaban J connectivity index is 1.70. The summed E-state index contributed by atoms with van der Waals surface area (Å²) in [6, 6.07) is 6.28. The monoisotopic (exact) mass is 247 g/mol. The molecule has 3 heteroatoms. The Labute approximate surface area is 108 Å². The van der Waals surface area contributed by atoms with Gasteiger partial charge in [-0.3, -0.25) is 4.90 Å². The number of rotatable bonds is 3. The molecule has 0 amide bonds. The first kappa shape index (κ1) is 12.0. The SMILES string of the molecule is CN(CC1CCCO1)C1CCc2cc(O)ccc21. The largest absolute Gasteiger partial charge is 0.508 e. The zero-order valence-corrected chi connectivity index (χ0v) is 10.9. The van der Waals surface area contributed by atoms with Crippen LogP contribution >= 0.6 is 0 Å². The van der Waals surface area contributed by atoms with Crippen LogP contribution < -0.4 is 0 Å². The number of aromatic hydroxyl groups is 1. The van der Waals surface area contributed by atoms with Gasteiger partial charge in [-0.25, -0.2) is 0 Å². The van der Waals surface area contributed by atoms with Crippen molar-refractivity contribution in [2.45, 2.75) is 37.8 Å². The molecule has 2 aliphatic rings. The van der Waals surface area contributed by atoms with Gasteiger partial charge in [-0.05, 0) is 56.0 Å². The quantitative estimate of drug-likeness (QED) is 0.890. The van der Waals surface area contributed by atoms with Crippen molar-refractivity contribution in [3.63, 3.8) is 0 Å². The lowest BCUT2D eigenvalue weighted by Gasteiger charge is -2.27. The average molecular weight is 247 g/mol. The van der Waals surface area contributed by atoms with Gasteiger partial charge >= 0.3 is 0 Å². The minimum atomic E-state index is 0.385. The fraction of sp³-hybridized carbons (Fsp3) is 0.600. The smallest absolute Gasteiger partial charge is 0.115 e. The Hall–Kier alpha value is -1.06.